The first-order valence-corrected chi connectivity index (χ1v) is 13.9. The third-order valence-corrected chi connectivity index (χ3v) is 8.00. The Morgan fingerprint density at radius 3 is 2.49 bits per heavy atom. The van der Waals surface area contributed by atoms with Crippen molar-refractivity contribution >= 4 is 38.6 Å². The molecule has 4 heterocycles. The summed E-state index contributed by atoms with van der Waals surface area (Å²) >= 11 is 0. The van der Waals surface area contributed by atoms with Gasteiger partial charge in [-0.15, -0.1) is 0 Å². The largest absolute Gasteiger partial charge is 0.474 e. The molecule has 13 heteroatoms. The Kier molecular flexibility index (Phi) is 7.53. The topological polar surface area (TPSA) is 135 Å². The van der Waals surface area contributed by atoms with Gasteiger partial charge in [0.25, 0.3) is 0 Å². The lowest BCUT2D eigenvalue weighted by Gasteiger charge is -2.31. The summed E-state index contributed by atoms with van der Waals surface area (Å²) in [5.41, 5.74) is 1.04. The SMILES string of the molecule is CN(C)S(=O)(=O)Nc1cnc2cc(N3CCOCC3)nc(O[C@H]3CC[C@@H](Nc4ncccn4)CC3)c2c1. The third-order valence-electron chi connectivity index (χ3n) is 6.54. The molecule has 0 aromatic carbocycles. The van der Waals surface area contributed by atoms with Crippen molar-refractivity contribution in [1.82, 2.24) is 24.2 Å². The van der Waals surface area contributed by atoms with Gasteiger partial charge in [0.15, 0.2) is 0 Å². The first kappa shape index (κ1) is 25.4. The maximum absolute atomic E-state index is 12.4. The molecule has 0 bridgehead atoms. The van der Waals surface area contributed by atoms with Gasteiger partial charge in [-0.05, 0) is 37.8 Å². The molecule has 0 radical (unpaired) electrons. The molecule has 12 nitrogen and oxygen atoms in total. The highest BCUT2D eigenvalue weighted by molar-refractivity contribution is 7.90. The van der Waals surface area contributed by atoms with Crippen molar-refractivity contribution in [3.8, 4) is 5.88 Å². The zero-order chi connectivity index (χ0) is 25.8. The van der Waals surface area contributed by atoms with Gasteiger partial charge in [0, 0.05) is 51.7 Å². The first-order chi connectivity index (χ1) is 17.9. The van der Waals surface area contributed by atoms with E-state index in [1.807, 2.05) is 6.07 Å². The van der Waals surface area contributed by atoms with Crippen LogP contribution < -0.4 is 19.7 Å². The number of nitrogens with zero attached hydrogens (tertiary/aromatic N) is 6. The molecular weight excluding hydrogens is 496 g/mol. The van der Waals surface area contributed by atoms with E-state index >= 15 is 0 Å². The Morgan fingerprint density at radius 2 is 1.78 bits per heavy atom. The average molecular weight is 529 g/mol. The van der Waals surface area contributed by atoms with Gasteiger partial charge in [-0.3, -0.25) is 9.71 Å². The average Bonchev–Trinajstić information content (AvgIpc) is 2.91. The van der Waals surface area contributed by atoms with Crippen LogP contribution in [-0.4, -0.2) is 85.2 Å². The summed E-state index contributed by atoms with van der Waals surface area (Å²) in [5.74, 6) is 1.87. The molecule has 0 unspecified atom stereocenters. The molecule has 2 aliphatic rings. The van der Waals surface area contributed by atoms with Gasteiger partial charge in [0.05, 0.1) is 36.0 Å². The summed E-state index contributed by atoms with van der Waals surface area (Å²) in [6.45, 7) is 2.74. The number of morpholine rings is 1. The van der Waals surface area contributed by atoms with E-state index in [1.165, 1.54) is 20.3 Å². The van der Waals surface area contributed by atoms with Crippen LogP contribution in [0.4, 0.5) is 17.5 Å². The van der Waals surface area contributed by atoms with E-state index in [-0.39, 0.29) is 12.1 Å². The second-order valence-corrected chi connectivity index (χ2v) is 11.3. The van der Waals surface area contributed by atoms with Crippen molar-refractivity contribution in [1.29, 1.82) is 0 Å². The monoisotopic (exact) mass is 528 g/mol. The number of ether oxygens (including phenoxy) is 2. The molecule has 3 aromatic rings. The van der Waals surface area contributed by atoms with Gasteiger partial charge in [-0.1, -0.05) is 0 Å². The number of fused-ring (bicyclic) bond motifs is 1. The smallest absolute Gasteiger partial charge is 0.301 e. The Bertz CT molecular complexity index is 1310. The van der Waals surface area contributed by atoms with Crippen molar-refractivity contribution in [3.63, 3.8) is 0 Å². The van der Waals surface area contributed by atoms with Gasteiger partial charge in [-0.2, -0.15) is 17.7 Å². The van der Waals surface area contributed by atoms with Gasteiger partial charge in [0.2, 0.25) is 11.8 Å². The highest BCUT2D eigenvalue weighted by Gasteiger charge is 2.25. The van der Waals surface area contributed by atoms with E-state index < -0.39 is 10.2 Å². The molecule has 37 heavy (non-hydrogen) atoms. The lowest BCUT2D eigenvalue weighted by molar-refractivity contribution is 0.122. The minimum Gasteiger partial charge on any atom is -0.474 e. The minimum absolute atomic E-state index is 0.0208. The zero-order valence-electron chi connectivity index (χ0n) is 21.0. The second-order valence-electron chi connectivity index (χ2n) is 9.37. The van der Waals surface area contributed by atoms with Gasteiger partial charge in [0.1, 0.15) is 11.9 Å². The van der Waals surface area contributed by atoms with Crippen LogP contribution in [-0.2, 0) is 14.9 Å². The van der Waals surface area contributed by atoms with E-state index in [0.717, 1.165) is 48.9 Å². The lowest BCUT2D eigenvalue weighted by Crippen LogP contribution is -2.37. The van der Waals surface area contributed by atoms with Gasteiger partial charge < -0.3 is 19.7 Å². The van der Waals surface area contributed by atoms with E-state index in [0.29, 0.717) is 41.6 Å². The minimum atomic E-state index is -3.67. The molecule has 5 rings (SSSR count). The first-order valence-electron chi connectivity index (χ1n) is 12.4. The van der Waals surface area contributed by atoms with Crippen LogP contribution in [0.2, 0.25) is 0 Å². The molecule has 0 amide bonds. The van der Waals surface area contributed by atoms with E-state index in [2.05, 4.69) is 29.9 Å². The van der Waals surface area contributed by atoms with Crippen molar-refractivity contribution in [2.75, 3.05) is 55.3 Å². The second kappa shape index (κ2) is 11.0. The van der Waals surface area contributed by atoms with Crippen LogP contribution in [0.3, 0.4) is 0 Å². The van der Waals surface area contributed by atoms with Crippen molar-refractivity contribution in [3.05, 3.63) is 36.8 Å². The standard InChI is InChI=1S/C24H32N8O4S/c1-31(2)37(33,34)30-18-14-20-21(27-16-18)15-22(32-10-12-35-13-11-32)29-23(20)36-19-6-4-17(5-7-19)28-24-25-8-3-9-26-24/h3,8-9,14-17,19,30H,4-7,10-13H2,1-2H3,(H,25,26,28)/t17-,19+. The predicted molar refractivity (Wildman–Crippen MR) is 141 cm³/mol. The fraction of sp³-hybridized carbons (Fsp3) is 0.500. The number of hydrogen-bond acceptors (Lipinski definition) is 10. The van der Waals surface area contributed by atoms with Crippen LogP contribution in [0.5, 0.6) is 5.88 Å². The van der Waals surface area contributed by atoms with Crippen LogP contribution in [0.25, 0.3) is 10.9 Å². The molecule has 0 spiro atoms. The molecule has 1 aliphatic carbocycles. The Labute approximate surface area is 216 Å². The van der Waals surface area contributed by atoms with E-state index in [1.54, 1.807) is 24.5 Å². The number of rotatable bonds is 8. The Balaban J connectivity index is 1.38. The number of aromatic nitrogens is 4. The molecule has 2 N–H and O–H groups in total. The molecular formula is C24H32N8O4S. The lowest BCUT2D eigenvalue weighted by atomic mass is 9.93. The van der Waals surface area contributed by atoms with E-state index in [4.69, 9.17) is 14.5 Å². The quantitative estimate of drug-likeness (QED) is 0.448. The Hall–Kier alpha value is -3.29. The van der Waals surface area contributed by atoms with Crippen LogP contribution in [0, 0.1) is 0 Å². The normalized spacial score (nSPS) is 20.7. The summed E-state index contributed by atoms with van der Waals surface area (Å²) in [5, 5.41) is 4.06. The number of nitrogens with one attached hydrogen (secondary N) is 2. The summed E-state index contributed by atoms with van der Waals surface area (Å²) in [6.07, 6.45) is 8.45. The summed E-state index contributed by atoms with van der Waals surface area (Å²) in [7, 11) is -0.737. The highest BCUT2D eigenvalue weighted by Crippen LogP contribution is 2.33. The van der Waals surface area contributed by atoms with Crippen LogP contribution in [0.15, 0.2) is 36.8 Å². The summed E-state index contributed by atoms with van der Waals surface area (Å²) in [6, 6.07) is 5.72. The highest BCUT2D eigenvalue weighted by atomic mass is 32.2. The maximum atomic E-state index is 12.4. The molecule has 1 aliphatic heterocycles. The molecule has 3 aromatic heterocycles. The fourth-order valence-electron chi connectivity index (χ4n) is 4.46. The fourth-order valence-corrected chi connectivity index (χ4v) is 5.05. The number of pyridine rings is 2. The van der Waals surface area contributed by atoms with Crippen LogP contribution >= 0.6 is 0 Å². The van der Waals surface area contributed by atoms with E-state index in [9.17, 15) is 8.42 Å². The number of hydrogen-bond donors (Lipinski definition) is 2. The molecule has 0 atom stereocenters. The van der Waals surface area contributed by atoms with Crippen molar-refractivity contribution < 1.29 is 17.9 Å². The van der Waals surface area contributed by atoms with Crippen molar-refractivity contribution in [2.45, 2.75) is 37.8 Å². The van der Waals surface area contributed by atoms with Gasteiger partial charge in [-0.25, -0.2) is 9.97 Å². The van der Waals surface area contributed by atoms with Gasteiger partial charge >= 0.3 is 10.2 Å². The summed E-state index contributed by atoms with van der Waals surface area (Å²) < 4.78 is 40.4. The Morgan fingerprint density at radius 1 is 1.05 bits per heavy atom. The molecule has 1 saturated heterocycles. The molecule has 1 saturated carbocycles. The molecule has 198 valence electrons. The third kappa shape index (κ3) is 6.17. The predicted octanol–water partition coefficient (Wildman–Crippen LogP) is 2.28. The number of anilines is 3. The zero-order valence-corrected chi connectivity index (χ0v) is 21.8. The molecule has 2 fully saturated rings. The van der Waals surface area contributed by atoms with Crippen molar-refractivity contribution in [2.24, 2.45) is 0 Å². The summed E-state index contributed by atoms with van der Waals surface area (Å²) in [4.78, 5) is 20.1. The van der Waals surface area contributed by atoms with Crippen LogP contribution in [0.1, 0.15) is 25.7 Å². The maximum Gasteiger partial charge on any atom is 0.301 e.